The van der Waals surface area contributed by atoms with Gasteiger partial charge in [0.25, 0.3) is 5.56 Å². The molecule has 2 aromatic heterocycles. The molecule has 0 fully saturated rings. The fourth-order valence-corrected chi connectivity index (χ4v) is 4.81. The summed E-state index contributed by atoms with van der Waals surface area (Å²) >= 11 is 0. The lowest BCUT2D eigenvalue weighted by molar-refractivity contribution is 0.421. The lowest BCUT2D eigenvalue weighted by atomic mass is 9.98. The van der Waals surface area contributed by atoms with E-state index >= 15 is 0 Å². The molecule has 6 heteroatoms. The van der Waals surface area contributed by atoms with Gasteiger partial charge in [0.1, 0.15) is 5.82 Å². The molecule has 0 bridgehead atoms. The van der Waals surface area contributed by atoms with E-state index in [0.717, 1.165) is 59.2 Å². The maximum atomic E-state index is 13.9. The Kier molecular flexibility index (Phi) is 8.17. The third kappa shape index (κ3) is 5.33. The highest BCUT2D eigenvalue weighted by Gasteiger charge is 2.21. The van der Waals surface area contributed by atoms with Crippen LogP contribution >= 0.6 is 0 Å². The van der Waals surface area contributed by atoms with Crippen molar-refractivity contribution in [2.75, 3.05) is 0 Å². The molecule has 0 spiro atoms. The second-order valence-corrected chi connectivity index (χ2v) is 9.35. The van der Waals surface area contributed by atoms with Crippen LogP contribution in [0.1, 0.15) is 67.3 Å². The van der Waals surface area contributed by atoms with Crippen LogP contribution in [0.4, 0.5) is 4.39 Å². The predicted octanol–water partition coefficient (Wildman–Crippen LogP) is 6.51. The van der Waals surface area contributed by atoms with Gasteiger partial charge in [-0.25, -0.2) is 4.98 Å². The van der Waals surface area contributed by atoms with Crippen molar-refractivity contribution in [1.29, 1.82) is 0 Å². The van der Waals surface area contributed by atoms with Crippen LogP contribution in [-0.4, -0.2) is 19.6 Å². The van der Waals surface area contributed by atoms with Gasteiger partial charge in [-0.3, -0.25) is 9.36 Å². The van der Waals surface area contributed by atoms with E-state index in [2.05, 4.69) is 42.9 Å². The smallest absolute Gasteiger partial charge is 0.280 e. The summed E-state index contributed by atoms with van der Waals surface area (Å²) in [6.07, 6.45) is 5.74. The SMILES string of the molecule is CCCCc1nc(=O)c(Cc2ccc(-c3ccnc(F)c3C)cc2)c(O)n1-c1c(CC)cccc1CC. The number of para-hydroxylation sites is 1. The Morgan fingerprint density at radius 3 is 2.27 bits per heavy atom. The summed E-state index contributed by atoms with van der Waals surface area (Å²) in [4.78, 5) is 21.3. The predicted molar refractivity (Wildman–Crippen MR) is 146 cm³/mol. The number of rotatable bonds is 9. The molecule has 0 unspecified atom stereocenters. The average molecular weight is 500 g/mol. The number of pyridine rings is 1. The summed E-state index contributed by atoms with van der Waals surface area (Å²) < 4.78 is 15.7. The number of unbranched alkanes of at least 4 members (excludes halogenated alkanes) is 1. The number of aromatic hydroxyl groups is 1. The fourth-order valence-electron chi connectivity index (χ4n) is 4.81. The lowest BCUT2D eigenvalue weighted by Crippen LogP contribution is -2.23. The molecule has 2 heterocycles. The van der Waals surface area contributed by atoms with Crippen LogP contribution in [0.25, 0.3) is 16.8 Å². The first-order valence-corrected chi connectivity index (χ1v) is 13.0. The molecule has 0 saturated heterocycles. The maximum Gasteiger partial charge on any atom is 0.280 e. The lowest BCUT2D eigenvalue weighted by Gasteiger charge is -2.22. The van der Waals surface area contributed by atoms with Crippen molar-refractivity contribution in [1.82, 2.24) is 14.5 Å². The highest BCUT2D eigenvalue weighted by atomic mass is 19.1. The Bertz CT molecular complexity index is 1440. The summed E-state index contributed by atoms with van der Waals surface area (Å²) in [5.41, 5.74) is 5.99. The molecule has 0 aliphatic carbocycles. The van der Waals surface area contributed by atoms with Crippen molar-refractivity contribution < 1.29 is 9.50 Å². The molecule has 0 amide bonds. The summed E-state index contributed by atoms with van der Waals surface area (Å²) in [5, 5.41) is 11.6. The highest BCUT2D eigenvalue weighted by Crippen LogP contribution is 2.30. The first-order chi connectivity index (χ1) is 17.9. The van der Waals surface area contributed by atoms with E-state index in [0.29, 0.717) is 17.8 Å². The third-order valence-electron chi connectivity index (χ3n) is 6.96. The van der Waals surface area contributed by atoms with Crippen molar-refractivity contribution in [2.45, 2.75) is 66.2 Å². The average Bonchev–Trinajstić information content (AvgIpc) is 2.91. The molecule has 0 atom stereocenters. The molecule has 1 N–H and O–H groups in total. The van der Waals surface area contributed by atoms with Crippen LogP contribution in [0.5, 0.6) is 5.88 Å². The number of aryl methyl sites for hydroxylation is 3. The molecule has 2 aromatic carbocycles. The minimum atomic E-state index is -0.486. The molecule has 4 rings (SSSR count). The van der Waals surface area contributed by atoms with E-state index in [1.807, 2.05) is 34.9 Å². The Labute approximate surface area is 217 Å². The van der Waals surface area contributed by atoms with Crippen LogP contribution in [0, 0.1) is 12.9 Å². The van der Waals surface area contributed by atoms with Crippen LogP contribution in [0.3, 0.4) is 0 Å². The number of halogens is 1. The highest BCUT2D eigenvalue weighted by molar-refractivity contribution is 5.67. The topological polar surface area (TPSA) is 68.0 Å². The molecule has 0 saturated carbocycles. The minimum absolute atomic E-state index is 0.0437. The van der Waals surface area contributed by atoms with Gasteiger partial charge in [0.15, 0.2) is 0 Å². The maximum absolute atomic E-state index is 13.9. The second kappa shape index (κ2) is 11.5. The van der Waals surface area contributed by atoms with E-state index in [-0.39, 0.29) is 17.9 Å². The Hall–Kier alpha value is -3.80. The normalized spacial score (nSPS) is 11.2. The van der Waals surface area contributed by atoms with Gasteiger partial charge in [-0.05, 0) is 60.1 Å². The minimum Gasteiger partial charge on any atom is -0.494 e. The summed E-state index contributed by atoms with van der Waals surface area (Å²) in [7, 11) is 0. The molecular formula is C31H34FN3O2. The first kappa shape index (κ1) is 26.3. The van der Waals surface area contributed by atoms with E-state index in [1.54, 1.807) is 13.0 Å². The zero-order valence-corrected chi connectivity index (χ0v) is 22.0. The van der Waals surface area contributed by atoms with Crippen molar-refractivity contribution >= 4 is 0 Å². The van der Waals surface area contributed by atoms with Gasteiger partial charge in [-0.1, -0.05) is 69.7 Å². The summed E-state index contributed by atoms with van der Waals surface area (Å²) in [6, 6.07) is 15.6. The molecule has 0 aliphatic heterocycles. The van der Waals surface area contributed by atoms with Crippen molar-refractivity contribution in [2.24, 2.45) is 0 Å². The first-order valence-electron chi connectivity index (χ1n) is 13.0. The van der Waals surface area contributed by atoms with Crippen LogP contribution in [0.15, 0.2) is 59.5 Å². The molecule has 192 valence electrons. The number of nitrogens with zero attached hydrogens (tertiary/aromatic N) is 3. The van der Waals surface area contributed by atoms with E-state index < -0.39 is 11.5 Å². The van der Waals surface area contributed by atoms with Gasteiger partial charge in [0.2, 0.25) is 11.8 Å². The number of aromatic nitrogens is 3. The van der Waals surface area contributed by atoms with E-state index in [4.69, 9.17) is 0 Å². The second-order valence-electron chi connectivity index (χ2n) is 9.35. The summed E-state index contributed by atoms with van der Waals surface area (Å²) in [6.45, 7) is 7.99. The number of hydrogen-bond acceptors (Lipinski definition) is 4. The molecule has 0 aliphatic rings. The molecule has 37 heavy (non-hydrogen) atoms. The van der Waals surface area contributed by atoms with E-state index in [1.165, 1.54) is 6.20 Å². The van der Waals surface area contributed by atoms with Gasteiger partial charge in [0.05, 0.1) is 11.3 Å². The Morgan fingerprint density at radius 1 is 0.973 bits per heavy atom. The van der Waals surface area contributed by atoms with Crippen LogP contribution in [-0.2, 0) is 25.7 Å². The van der Waals surface area contributed by atoms with Crippen LogP contribution < -0.4 is 5.56 Å². The standard InChI is InChI=1S/C31H34FN3O2/c1-5-8-12-27-34-30(36)26(31(37)35(27)28-22(6-2)10-9-11-23(28)7-3)19-21-13-15-24(16-14-21)25-17-18-33-29(32)20(25)4/h9-11,13-18,37H,5-8,12,19H2,1-4H3. The fraction of sp³-hybridized carbons (Fsp3) is 0.323. The molecule has 5 nitrogen and oxygen atoms in total. The molecule has 4 aromatic rings. The number of benzene rings is 2. The van der Waals surface area contributed by atoms with Gasteiger partial charge in [0, 0.05) is 24.6 Å². The van der Waals surface area contributed by atoms with Gasteiger partial charge in [-0.2, -0.15) is 9.37 Å². The monoisotopic (exact) mass is 499 g/mol. The van der Waals surface area contributed by atoms with Gasteiger partial charge < -0.3 is 5.11 Å². The quantitative estimate of drug-likeness (QED) is 0.267. The zero-order valence-electron chi connectivity index (χ0n) is 22.0. The van der Waals surface area contributed by atoms with Crippen molar-refractivity contribution in [3.05, 3.63) is 105 Å². The Morgan fingerprint density at radius 2 is 1.65 bits per heavy atom. The summed E-state index contributed by atoms with van der Waals surface area (Å²) in [5.74, 6) is 0.0622. The van der Waals surface area contributed by atoms with Gasteiger partial charge in [-0.15, -0.1) is 0 Å². The Balaban J connectivity index is 1.80. The van der Waals surface area contributed by atoms with E-state index in [9.17, 15) is 14.3 Å². The molecular weight excluding hydrogens is 465 g/mol. The van der Waals surface area contributed by atoms with Gasteiger partial charge >= 0.3 is 0 Å². The van der Waals surface area contributed by atoms with Crippen LogP contribution in [0.2, 0.25) is 0 Å². The largest absolute Gasteiger partial charge is 0.494 e. The van der Waals surface area contributed by atoms with Crippen molar-refractivity contribution in [3.8, 4) is 22.7 Å². The zero-order chi connectivity index (χ0) is 26.5. The number of hydrogen-bond donors (Lipinski definition) is 1. The molecule has 0 radical (unpaired) electrons. The third-order valence-corrected chi connectivity index (χ3v) is 6.96. The van der Waals surface area contributed by atoms with Crippen molar-refractivity contribution in [3.63, 3.8) is 0 Å².